The van der Waals surface area contributed by atoms with Gasteiger partial charge in [-0.05, 0) is 41.7 Å². The Morgan fingerprint density at radius 1 is 1.10 bits per heavy atom. The maximum absolute atomic E-state index is 13.4. The Labute approximate surface area is 175 Å². The molecule has 0 aromatic heterocycles. The van der Waals surface area contributed by atoms with Gasteiger partial charge in [0, 0.05) is 24.6 Å². The maximum Gasteiger partial charge on any atom is 0.231 e. The lowest BCUT2D eigenvalue weighted by Crippen LogP contribution is -2.38. The van der Waals surface area contributed by atoms with Gasteiger partial charge in [-0.3, -0.25) is 14.5 Å². The highest BCUT2D eigenvalue weighted by Crippen LogP contribution is 2.49. The highest BCUT2D eigenvalue weighted by atomic mass is 16.7. The lowest BCUT2D eigenvalue weighted by molar-refractivity contribution is -0.118. The number of para-hydroxylation sites is 2. The minimum Gasteiger partial charge on any atom is -0.454 e. The molecule has 0 fully saturated rings. The van der Waals surface area contributed by atoms with Crippen LogP contribution in [0, 0.1) is 5.41 Å². The Bertz CT molecular complexity index is 1100. The van der Waals surface area contributed by atoms with Crippen LogP contribution in [0.4, 0.5) is 11.4 Å². The van der Waals surface area contributed by atoms with Crippen molar-refractivity contribution < 1.29 is 19.1 Å². The lowest BCUT2D eigenvalue weighted by atomic mass is 9.73. The Balaban J connectivity index is 1.77. The summed E-state index contributed by atoms with van der Waals surface area (Å²) in [7, 11) is 0. The number of benzene rings is 2. The number of rotatable bonds is 1. The van der Waals surface area contributed by atoms with E-state index in [0.717, 1.165) is 29.1 Å². The first kappa shape index (κ1) is 18.7. The van der Waals surface area contributed by atoms with E-state index in [-0.39, 0.29) is 23.9 Å². The molecule has 2 heterocycles. The average molecular weight is 404 g/mol. The number of Topliss-reactive ketones (excluding diaryl/α,β-unsaturated/α-hetero) is 1. The molecular formula is C24H24N2O4. The second kappa shape index (κ2) is 6.62. The second-order valence-electron chi connectivity index (χ2n) is 8.88. The van der Waals surface area contributed by atoms with E-state index >= 15 is 0 Å². The van der Waals surface area contributed by atoms with Gasteiger partial charge in [0.25, 0.3) is 0 Å². The van der Waals surface area contributed by atoms with E-state index in [1.165, 1.54) is 0 Å². The van der Waals surface area contributed by atoms with Crippen LogP contribution in [0.25, 0.3) is 0 Å². The molecule has 1 N–H and O–H groups in total. The largest absolute Gasteiger partial charge is 0.454 e. The first-order valence-electron chi connectivity index (χ1n) is 10.2. The fraction of sp³-hybridized carbons (Fsp3) is 0.333. The Kier molecular flexibility index (Phi) is 4.13. The molecule has 154 valence electrons. The van der Waals surface area contributed by atoms with Gasteiger partial charge in [-0.15, -0.1) is 0 Å². The van der Waals surface area contributed by atoms with E-state index in [2.05, 4.69) is 19.2 Å². The van der Waals surface area contributed by atoms with Crippen LogP contribution in [-0.2, 0) is 9.59 Å². The number of ketones is 1. The number of amides is 1. The van der Waals surface area contributed by atoms with Gasteiger partial charge in [0.1, 0.15) is 0 Å². The number of fused-ring (bicyclic) bond motifs is 2. The lowest BCUT2D eigenvalue weighted by Gasteiger charge is -2.36. The van der Waals surface area contributed by atoms with Crippen LogP contribution in [0.15, 0.2) is 53.7 Å². The molecule has 3 aliphatic rings. The normalized spacial score (nSPS) is 21.5. The summed E-state index contributed by atoms with van der Waals surface area (Å²) in [5.74, 6) is 1.24. The van der Waals surface area contributed by atoms with Crippen molar-refractivity contribution in [2.24, 2.45) is 5.41 Å². The molecule has 2 aliphatic heterocycles. The first-order chi connectivity index (χ1) is 14.3. The molecule has 0 spiro atoms. The molecule has 0 saturated heterocycles. The number of anilines is 2. The van der Waals surface area contributed by atoms with E-state index in [1.54, 1.807) is 11.8 Å². The monoisotopic (exact) mass is 404 g/mol. The Morgan fingerprint density at radius 2 is 1.87 bits per heavy atom. The fourth-order valence-corrected chi connectivity index (χ4v) is 4.73. The maximum atomic E-state index is 13.4. The topological polar surface area (TPSA) is 67.9 Å². The summed E-state index contributed by atoms with van der Waals surface area (Å²) in [6, 6.07) is 12.8. The smallest absolute Gasteiger partial charge is 0.231 e. The quantitative estimate of drug-likeness (QED) is 0.754. The Morgan fingerprint density at radius 3 is 2.67 bits per heavy atom. The second-order valence-corrected chi connectivity index (χ2v) is 8.88. The van der Waals surface area contributed by atoms with Crippen molar-refractivity contribution >= 4 is 23.1 Å². The van der Waals surface area contributed by atoms with Crippen molar-refractivity contribution in [2.75, 3.05) is 17.0 Å². The Hall–Kier alpha value is -3.28. The molecule has 6 nitrogen and oxygen atoms in total. The predicted molar refractivity (Wildman–Crippen MR) is 114 cm³/mol. The van der Waals surface area contributed by atoms with Crippen molar-refractivity contribution in [1.29, 1.82) is 0 Å². The van der Waals surface area contributed by atoms with E-state index in [0.29, 0.717) is 23.5 Å². The van der Waals surface area contributed by atoms with E-state index in [4.69, 9.17) is 9.47 Å². The minimum absolute atomic E-state index is 0.0653. The number of carbonyl (C=O) groups is 2. The summed E-state index contributed by atoms with van der Waals surface area (Å²) >= 11 is 0. The van der Waals surface area contributed by atoms with Crippen LogP contribution >= 0.6 is 0 Å². The summed E-state index contributed by atoms with van der Waals surface area (Å²) in [6.45, 7) is 5.92. The zero-order valence-corrected chi connectivity index (χ0v) is 17.3. The molecule has 1 aliphatic carbocycles. The molecule has 1 atom stereocenters. The van der Waals surface area contributed by atoms with Crippen LogP contribution in [0.2, 0.25) is 0 Å². The summed E-state index contributed by atoms with van der Waals surface area (Å²) < 4.78 is 11.0. The third kappa shape index (κ3) is 2.95. The van der Waals surface area contributed by atoms with Crippen LogP contribution in [-0.4, -0.2) is 18.5 Å². The highest BCUT2D eigenvalue weighted by molar-refractivity contribution is 6.05. The van der Waals surface area contributed by atoms with Gasteiger partial charge in [-0.1, -0.05) is 32.0 Å². The van der Waals surface area contributed by atoms with Gasteiger partial charge in [0.05, 0.1) is 17.4 Å². The van der Waals surface area contributed by atoms with Gasteiger partial charge in [0.15, 0.2) is 17.3 Å². The molecule has 0 radical (unpaired) electrons. The third-order valence-corrected chi connectivity index (χ3v) is 5.95. The number of carbonyl (C=O) groups excluding carboxylic acids is 2. The van der Waals surface area contributed by atoms with Crippen LogP contribution < -0.4 is 19.7 Å². The van der Waals surface area contributed by atoms with Gasteiger partial charge in [0.2, 0.25) is 12.7 Å². The van der Waals surface area contributed by atoms with Crippen molar-refractivity contribution in [3.63, 3.8) is 0 Å². The van der Waals surface area contributed by atoms with E-state index in [1.807, 2.05) is 42.5 Å². The van der Waals surface area contributed by atoms with Gasteiger partial charge in [-0.2, -0.15) is 0 Å². The molecule has 0 bridgehead atoms. The number of hydrogen-bond donors (Lipinski definition) is 1. The van der Waals surface area contributed by atoms with Gasteiger partial charge in [-0.25, -0.2) is 0 Å². The van der Waals surface area contributed by atoms with Crippen LogP contribution in [0.5, 0.6) is 11.5 Å². The van der Waals surface area contributed by atoms with E-state index in [9.17, 15) is 9.59 Å². The zero-order chi connectivity index (χ0) is 21.0. The van der Waals surface area contributed by atoms with Crippen molar-refractivity contribution in [3.8, 4) is 11.5 Å². The standard InChI is InChI=1S/C24H24N2O4/c1-14(27)26-18-7-5-4-6-16(18)25-17-11-24(2,3)12-19(28)22(17)23(26)15-8-9-20-21(10-15)30-13-29-20/h4-10,23,25H,11-13H2,1-3H3/t23-/m1/s1. The van der Waals surface area contributed by atoms with E-state index < -0.39 is 6.04 Å². The molecule has 2 aromatic rings. The summed E-state index contributed by atoms with van der Waals surface area (Å²) in [4.78, 5) is 28.1. The fourth-order valence-electron chi connectivity index (χ4n) is 4.73. The van der Waals surface area contributed by atoms with Crippen LogP contribution in [0.3, 0.4) is 0 Å². The molecule has 30 heavy (non-hydrogen) atoms. The number of hydrogen-bond acceptors (Lipinski definition) is 5. The van der Waals surface area contributed by atoms with Crippen LogP contribution in [0.1, 0.15) is 45.2 Å². The predicted octanol–water partition coefficient (Wildman–Crippen LogP) is 4.58. The minimum atomic E-state index is -0.535. The van der Waals surface area contributed by atoms with Gasteiger partial charge >= 0.3 is 0 Å². The average Bonchev–Trinajstić information content (AvgIpc) is 3.08. The summed E-state index contributed by atoms with van der Waals surface area (Å²) in [6.07, 6.45) is 1.17. The van der Waals surface area contributed by atoms with Crippen molar-refractivity contribution in [3.05, 3.63) is 59.3 Å². The third-order valence-electron chi connectivity index (χ3n) is 5.95. The SMILES string of the molecule is CC(=O)N1c2ccccc2NC2=C(C(=O)CC(C)(C)C2)[C@H]1c1ccc2c(c1)OCO2. The number of allylic oxidation sites excluding steroid dienone is 1. The molecule has 5 rings (SSSR count). The molecule has 1 amide bonds. The number of nitrogens with one attached hydrogen (secondary N) is 1. The molecular weight excluding hydrogens is 380 g/mol. The molecule has 6 heteroatoms. The van der Waals surface area contributed by atoms with Gasteiger partial charge < -0.3 is 14.8 Å². The number of ether oxygens (including phenoxy) is 2. The highest BCUT2D eigenvalue weighted by Gasteiger charge is 2.42. The van der Waals surface area contributed by atoms with Crippen molar-refractivity contribution in [1.82, 2.24) is 0 Å². The molecule has 0 unspecified atom stereocenters. The van der Waals surface area contributed by atoms with Crippen molar-refractivity contribution in [2.45, 2.75) is 39.7 Å². The summed E-state index contributed by atoms with van der Waals surface area (Å²) in [5, 5.41) is 3.49. The zero-order valence-electron chi connectivity index (χ0n) is 17.3. The summed E-state index contributed by atoms with van der Waals surface area (Å²) in [5.41, 5.74) is 3.80. The molecule has 0 saturated carbocycles. The molecule has 2 aromatic carbocycles. The first-order valence-corrected chi connectivity index (χ1v) is 10.2. The number of nitrogens with zero attached hydrogens (tertiary/aromatic N) is 1.